The molecule has 0 atom stereocenters. The summed E-state index contributed by atoms with van der Waals surface area (Å²) in [6.45, 7) is 0. The summed E-state index contributed by atoms with van der Waals surface area (Å²) in [5, 5.41) is 0. The zero-order chi connectivity index (χ0) is 17.4. The van der Waals surface area contributed by atoms with E-state index in [2.05, 4.69) is 35.1 Å². The first-order chi connectivity index (χ1) is 11.0. The van der Waals surface area contributed by atoms with E-state index in [0.717, 1.165) is 14.2 Å². The Hall–Kier alpha value is -2.48. The van der Waals surface area contributed by atoms with Gasteiger partial charge in [-0.1, -0.05) is 30.3 Å². The molecule has 0 aliphatic carbocycles. The molecule has 0 amide bonds. The van der Waals surface area contributed by atoms with Crippen molar-refractivity contribution >= 4 is 45.2 Å². The van der Waals surface area contributed by atoms with Crippen LogP contribution < -0.4 is 0 Å². The van der Waals surface area contributed by atoms with Gasteiger partial charge in [-0.25, -0.2) is 19.4 Å². The van der Waals surface area contributed by atoms with E-state index in [1.54, 1.807) is 30.3 Å². The normalized spacial score (nSPS) is 11.0. The molecule has 0 aromatic heterocycles. The van der Waals surface area contributed by atoms with Gasteiger partial charge >= 0.3 is 17.9 Å². The molecule has 1 rings (SSSR count). The monoisotopic (exact) mass is 383 g/mol. The lowest BCUT2D eigenvalue weighted by Gasteiger charge is -2.08. The number of nitrogens with zero attached hydrogens (tertiary/aromatic N) is 1. The Morgan fingerprint density at radius 1 is 0.870 bits per heavy atom. The first kappa shape index (κ1) is 18.6. The van der Waals surface area contributed by atoms with Crippen LogP contribution in [0.15, 0.2) is 39.8 Å². The molecule has 1 aromatic rings. The molecule has 0 unspecified atom stereocenters. The van der Waals surface area contributed by atoms with Gasteiger partial charge in [-0.15, -0.1) is 0 Å². The summed E-state index contributed by atoms with van der Waals surface area (Å²) >= 11 is 3.07. The zero-order valence-corrected chi connectivity index (χ0v) is 14.2. The second kappa shape index (κ2) is 8.84. The van der Waals surface area contributed by atoms with E-state index in [9.17, 15) is 14.4 Å². The minimum absolute atomic E-state index is 0.0308. The lowest BCUT2D eigenvalue weighted by Crippen LogP contribution is -2.27. The third-order valence-corrected chi connectivity index (χ3v) is 3.30. The molecule has 0 bridgehead atoms. The van der Waals surface area contributed by atoms with Gasteiger partial charge < -0.3 is 14.2 Å². The van der Waals surface area contributed by atoms with Crippen LogP contribution >= 0.6 is 15.9 Å². The van der Waals surface area contributed by atoms with Crippen molar-refractivity contribution in [3.8, 4) is 0 Å². The van der Waals surface area contributed by atoms with E-state index in [0.29, 0.717) is 5.56 Å². The highest BCUT2D eigenvalue weighted by atomic mass is 79.9. The Kier molecular flexibility index (Phi) is 7.14. The summed E-state index contributed by atoms with van der Waals surface area (Å²) in [6, 6.07) is 8.47. The topological polar surface area (TPSA) is 91.3 Å². The molecular weight excluding hydrogens is 370 g/mol. The minimum Gasteiger partial charge on any atom is -0.465 e. The number of carbonyl (C=O) groups is 3. The number of benzene rings is 1. The molecule has 0 aliphatic heterocycles. The highest BCUT2D eigenvalue weighted by molar-refractivity contribution is 9.12. The van der Waals surface area contributed by atoms with Crippen LogP contribution in [-0.2, 0) is 28.6 Å². The average molecular weight is 384 g/mol. The lowest BCUT2D eigenvalue weighted by molar-refractivity contribution is -0.138. The summed E-state index contributed by atoms with van der Waals surface area (Å²) in [5.74, 6) is -2.70. The van der Waals surface area contributed by atoms with Crippen LogP contribution in [0.1, 0.15) is 5.56 Å². The quantitative estimate of drug-likeness (QED) is 0.252. The predicted octanol–water partition coefficient (Wildman–Crippen LogP) is 1.71. The fraction of sp³-hybridized carbons (Fsp3) is 0.200. The summed E-state index contributed by atoms with van der Waals surface area (Å²) in [7, 11) is 3.39. The second-order valence-electron chi connectivity index (χ2n) is 3.96. The third kappa shape index (κ3) is 4.75. The van der Waals surface area contributed by atoms with E-state index in [-0.39, 0.29) is 10.2 Å². The Labute approximate surface area is 141 Å². The molecule has 0 saturated carbocycles. The summed E-state index contributed by atoms with van der Waals surface area (Å²) in [4.78, 5) is 39.2. The molecule has 23 heavy (non-hydrogen) atoms. The van der Waals surface area contributed by atoms with Crippen molar-refractivity contribution in [1.29, 1.82) is 0 Å². The van der Waals surface area contributed by atoms with Gasteiger partial charge in [-0.05, 0) is 15.9 Å². The summed E-state index contributed by atoms with van der Waals surface area (Å²) < 4.78 is 13.6. The lowest BCUT2D eigenvalue weighted by atomic mass is 10.1. The Morgan fingerprint density at radius 2 is 1.35 bits per heavy atom. The van der Waals surface area contributed by atoms with Crippen LogP contribution in [0.25, 0.3) is 5.70 Å². The van der Waals surface area contributed by atoms with Crippen LogP contribution in [0.5, 0.6) is 0 Å². The molecule has 0 N–H and O–H groups in total. The predicted molar refractivity (Wildman–Crippen MR) is 85.8 cm³/mol. The molecule has 0 aliphatic rings. The molecule has 8 heteroatoms. The highest BCUT2D eigenvalue weighted by Gasteiger charge is 2.25. The first-order valence-electron chi connectivity index (χ1n) is 6.25. The van der Waals surface area contributed by atoms with Gasteiger partial charge in [0, 0.05) is 5.56 Å². The number of methoxy groups -OCH3 is 3. The average Bonchev–Trinajstić information content (AvgIpc) is 2.60. The van der Waals surface area contributed by atoms with E-state index in [1.165, 1.54) is 7.11 Å². The van der Waals surface area contributed by atoms with E-state index < -0.39 is 23.6 Å². The minimum atomic E-state index is -0.990. The van der Waals surface area contributed by atoms with Gasteiger partial charge in [0.2, 0.25) is 5.71 Å². The molecule has 122 valence electrons. The van der Waals surface area contributed by atoms with Gasteiger partial charge in [0.05, 0.1) is 27.0 Å². The second-order valence-corrected chi connectivity index (χ2v) is 4.76. The molecule has 0 heterocycles. The van der Waals surface area contributed by atoms with Crippen molar-refractivity contribution in [3.05, 3.63) is 40.4 Å². The van der Waals surface area contributed by atoms with Crippen molar-refractivity contribution in [3.63, 3.8) is 0 Å². The van der Waals surface area contributed by atoms with Gasteiger partial charge in [-0.2, -0.15) is 0 Å². The smallest absolute Gasteiger partial charge is 0.364 e. The number of esters is 3. The number of ether oxygens (including phenoxy) is 3. The van der Waals surface area contributed by atoms with Crippen LogP contribution in [0.2, 0.25) is 0 Å². The molecule has 0 fully saturated rings. The van der Waals surface area contributed by atoms with Crippen LogP contribution in [0, 0.1) is 0 Å². The Balaban J connectivity index is 3.57. The molecule has 0 saturated heterocycles. The number of carbonyl (C=O) groups excluding carboxylic acids is 3. The van der Waals surface area contributed by atoms with Crippen molar-refractivity contribution < 1.29 is 28.6 Å². The van der Waals surface area contributed by atoms with Crippen LogP contribution in [0.3, 0.4) is 0 Å². The van der Waals surface area contributed by atoms with Gasteiger partial charge in [0.25, 0.3) is 0 Å². The highest BCUT2D eigenvalue weighted by Crippen LogP contribution is 2.25. The Bertz CT molecular complexity index is 648. The largest absolute Gasteiger partial charge is 0.465 e. The fourth-order valence-electron chi connectivity index (χ4n) is 1.50. The van der Waals surface area contributed by atoms with Crippen LogP contribution in [-0.4, -0.2) is 44.9 Å². The maximum absolute atomic E-state index is 11.8. The molecule has 0 radical (unpaired) electrons. The van der Waals surface area contributed by atoms with E-state index in [4.69, 9.17) is 0 Å². The number of hydrogen-bond acceptors (Lipinski definition) is 7. The van der Waals surface area contributed by atoms with Crippen molar-refractivity contribution in [1.82, 2.24) is 0 Å². The number of aliphatic imine (C=N–C) groups is 1. The van der Waals surface area contributed by atoms with Gasteiger partial charge in [-0.3, -0.25) is 0 Å². The summed E-state index contributed by atoms with van der Waals surface area (Å²) in [6.07, 6.45) is 0. The number of halogens is 1. The summed E-state index contributed by atoms with van der Waals surface area (Å²) in [5.41, 5.74) is -0.0898. The SMILES string of the molecule is COC(=O)C(=N/C(=C(/Br)C(=O)OC)c1ccccc1)C(=O)OC. The van der Waals surface area contributed by atoms with Crippen molar-refractivity contribution in [2.45, 2.75) is 0 Å². The first-order valence-corrected chi connectivity index (χ1v) is 7.04. The Morgan fingerprint density at radius 3 is 1.78 bits per heavy atom. The maximum atomic E-state index is 11.8. The number of rotatable bonds is 5. The van der Waals surface area contributed by atoms with E-state index >= 15 is 0 Å². The molecule has 1 aromatic carbocycles. The molecule has 7 nitrogen and oxygen atoms in total. The standard InChI is InChI=1S/C15H14BrNO6/c1-21-13(18)10(16)11(9-7-5-4-6-8-9)17-12(14(19)22-2)15(20)23-3/h4-8H,1-3H3/b11-10+. The van der Waals surface area contributed by atoms with Gasteiger partial charge in [0.1, 0.15) is 4.48 Å². The van der Waals surface area contributed by atoms with Gasteiger partial charge in [0.15, 0.2) is 0 Å². The zero-order valence-electron chi connectivity index (χ0n) is 12.7. The van der Waals surface area contributed by atoms with Crippen LogP contribution in [0.4, 0.5) is 0 Å². The third-order valence-electron chi connectivity index (χ3n) is 2.60. The molecular formula is C15H14BrNO6. The fourth-order valence-corrected chi connectivity index (χ4v) is 1.98. The van der Waals surface area contributed by atoms with E-state index in [1.807, 2.05) is 0 Å². The van der Waals surface area contributed by atoms with Crippen molar-refractivity contribution in [2.24, 2.45) is 4.99 Å². The van der Waals surface area contributed by atoms with Crippen molar-refractivity contribution in [2.75, 3.05) is 21.3 Å². The maximum Gasteiger partial charge on any atom is 0.364 e. The number of hydrogen-bond donors (Lipinski definition) is 0. The molecule has 0 spiro atoms.